The maximum absolute atomic E-state index is 13.6. The van der Waals surface area contributed by atoms with Gasteiger partial charge in [0.2, 0.25) is 0 Å². The van der Waals surface area contributed by atoms with Gasteiger partial charge in [-0.25, -0.2) is 4.39 Å². The van der Waals surface area contributed by atoms with E-state index in [1.807, 2.05) is 38.1 Å². The Morgan fingerprint density at radius 1 is 1.05 bits per heavy atom. The number of hydrogen-bond acceptors (Lipinski definition) is 5. The Bertz CT molecular complexity index is 1520. The van der Waals surface area contributed by atoms with Crippen LogP contribution in [0.1, 0.15) is 48.4 Å². The van der Waals surface area contributed by atoms with Crippen molar-refractivity contribution >= 4 is 22.8 Å². The quantitative estimate of drug-likeness (QED) is 0.225. The molecule has 8 heteroatoms. The van der Waals surface area contributed by atoms with E-state index in [-0.39, 0.29) is 25.1 Å². The summed E-state index contributed by atoms with van der Waals surface area (Å²) in [5, 5.41) is 9.64. The Morgan fingerprint density at radius 3 is 2.49 bits per heavy atom. The van der Waals surface area contributed by atoms with Crippen LogP contribution >= 0.6 is 0 Å². The topological polar surface area (TPSA) is 92.6 Å². The number of nitrogens with one attached hydrogen (secondary N) is 3. The SMILES string of the molecule is C.CNC(=O)c1c(-c2ccc(F)cc2)oc2ccc(-c3cc(C(=O)NCC(C)C)ccc3OCC3CCNC3)cc12. The average molecular weight is 560 g/mol. The summed E-state index contributed by atoms with van der Waals surface area (Å²) in [4.78, 5) is 26.0. The third kappa shape index (κ3) is 6.60. The van der Waals surface area contributed by atoms with E-state index in [0.717, 1.165) is 30.6 Å². The number of fused-ring (bicyclic) bond motifs is 1. The molecule has 0 saturated carbocycles. The Kier molecular flexibility index (Phi) is 9.45. The minimum atomic E-state index is -0.373. The van der Waals surface area contributed by atoms with Crippen LogP contribution in [0, 0.1) is 17.7 Å². The number of ether oxygens (including phenoxy) is 1. The lowest BCUT2D eigenvalue weighted by atomic mass is 9.98. The second-order valence-electron chi connectivity index (χ2n) is 10.6. The maximum atomic E-state index is 13.6. The zero-order valence-electron chi connectivity index (χ0n) is 23.0. The summed E-state index contributed by atoms with van der Waals surface area (Å²) in [6.45, 7) is 7.11. The molecule has 1 fully saturated rings. The molecule has 216 valence electrons. The van der Waals surface area contributed by atoms with Crippen molar-refractivity contribution in [3.8, 4) is 28.2 Å². The lowest BCUT2D eigenvalue weighted by Crippen LogP contribution is -2.27. The molecule has 4 aromatic rings. The van der Waals surface area contributed by atoms with E-state index in [1.165, 1.54) is 12.1 Å². The lowest BCUT2D eigenvalue weighted by Gasteiger charge is -2.16. The van der Waals surface area contributed by atoms with Gasteiger partial charge >= 0.3 is 0 Å². The largest absolute Gasteiger partial charge is 0.493 e. The minimum Gasteiger partial charge on any atom is -0.493 e. The van der Waals surface area contributed by atoms with Crippen LogP contribution in [-0.2, 0) is 0 Å². The van der Waals surface area contributed by atoms with Gasteiger partial charge in [-0.1, -0.05) is 27.3 Å². The van der Waals surface area contributed by atoms with Gasteiger partial charge in [-0.15, -0.1) is 0 Å². The first-order chi connectivity index (χ1) is 19.3. The van der Waals surface area contributed by atoms with Gasteiger partial charge in [-0.2, -0.15) is 0 Å². The van der Waals surface area contributed by atoms with E-state index in [9.17, 15) is 14.0 Å². The summed E-state index contributed by atoms with van der Waals surface area (Å²) in [6, 6.07) is 16.9. The number of carbonyl (C=O) groups excluding carboxylic acids is 2. The summed E-state index contributed by atoms with van der Waals surface area (Å²) in [5.41, 5.74) is 3.52. The van der Waals surface area contributed by atoms with Gasteiger partial charge in [0.1, 0.15) is 22.9 Å². The van der Waals surface area contributed by atoms with E-state index in [0.29, 0.717) is 64.2 Å². The maximum Gasteiger partial charge on any atom is 0.255 e. The molecule has 2 heterocycles. The summed E-state index contributed by atoms with van der Waals surface area (Å²) in [5.74, 6) is 0.915. The zero-order valence-corrected chi connectivity index (χ0v) is 23.0. The molecule has 41 heavy (non-hydrogen) atoms. The molecule has 3 N–H and O–H groups in total. The van der Waals surface area contributed by atoms with Crippen LogP contribution < -0.4 is 20.7 Å². The molecule has 1 aliphatic rings. The normalized spacial score (nSPS) is 14.6. The highest BCUT2D eigenvalue weighted by atomic mass is 19.1. The van der Waals surface area contributed by atoms with Crippen molar-refractivity contribution in [2.75, 3.05) is 33.3 Å². The van der Waals surface area contributed by atoms with E-state index in [1.54, 1.807) is 31.3 Å². The first-order valence-electron chi connectivity index (χ1n) is 13.6. The van der Waals surface area contributed by atoms with Crippen LogP contribution in [0.25, 0.3) is 33.4 Å². The molecule has 0 spiro atoms. The highest BCUT2D eigenvalue weighted by Gasteiger charge is 2.23. The van der Waals surface area contributed by atoms with Crippen LogP contribution in [0.15, 0.2) is 65.1 Å². The monoisotopic (exact) mass is 559 g/mol. The van der Waals surface area contributed by atoms with Gasteiger partial charge in [-0.3, -0.25) is 9.59 Å². The minimum absolute atomic E-state index is 0. The van der Waals surface area contributed by atoms with Crippen molar-refractivity contribution in [2.24, 2.45) is 11.8 Å². The Hall–Kier alpha value is -4.17. The predicted octanol–water partition coefficient (Wildman–Crippen LogP) is 6.28. The van der Waals surface area contributed by atoms with E-state index in [4.69, 9.17) is 9.15 Å². The smallest absolute Gasteiger partial charge is 0.255 e. The summed E-state index contributed by atoms with van der Waals surface area (Å²) in [6.07, 6.45) is 1.05. The van der Waals surface area contributed by atoms with Crippen LogP contribution in [0.5, 0.6) is 5.75 Å². The average Bonchev–Trinajstić information content (AvgIpc) is 3.62. The second-order valence-corrected chi connectivity index (χ2v) is 10.6. The summed E-state index contributed by atoms with van der Waals surface area (Å²) in [7, 11) is 1.56. The number of rotatable bonds is 9. The molecule has 1 atom stereocenters. The first kappa shape index (κ1) is 29.8. The number of benzene rings is 3. The first-order valence-corrected chi connectivity index (χ1v) is 13.6. The van der Waals surface area contributed by atoms with E-state index >= 15 is 0 Å². The third-order valence-electron chi connectivity index (χ3n) is 7.11. The molecule has 1 aliphatic heterocycles. The molecule has 3 aromatic carbocycles. The van der Waals surface area contributed by atoms with Gasteiger partial charge in [0.15, 0.2) is 0 Å². The highest BCUT2D eigenvalue weighted by Crippen LogP contribution is 2.38. The fourth-order valence-electron chi connectivity index (χ4n) is 4.91. The van der Waals surface area contributed by atoms with Crippen molar-refractivity contribution in [1.29, 1.82) is 0 Å². The van der Waals surface area contributed by atoms with Gasteiger partial charge in [0.25, 0.3) is 11.8 Å². The van der Waals surface area contributed by atoms with Crippen LogP contribution in [0.2, 0.25) is 0 Å². The number of halogens is 1. The fraction of sp³-hybridized carbons (Fsp3) is 0.333. The molecule has 1 saturated heterocycles. The van der Waals surface area contributed by atoms with Crippen molar-refractivity contribution in [3.63, 3.8) is 0 Å². The molecule has 7 nitrogen and oxygen atoms in total. The molecule has 0 bridgehead atoms. The standard InChI is InChI=1S/C32H34FN3O4.CH4/c1-19(2)16-36-31(37)23-7-10-27(39-18-20-12-13-35-17-20)25(15-23)22-6-11-28-26(14-22)29(32(38)34-3)30(40-28)21-4-8-24(33)9-5-21;/h4-11,14-15,19-20,35H,12-13,16-18H2,1-3H3,(H,34,38)(H,36,37);1H4. The number of hydrogen-bond donors (Lipinski definition) is 3. The van der Waals surface area contributed by atoms with Crippen LogP contribution in [0.3, 0.4) is 0 Å². The van der Waals surface area contributed by atoms with Crippen LogP contribution in [-0.4, -0.2) is 45.1 Å². The molecule has 5 rings (SSSR count). The van der Waals surface area contributed by atoms with E-state index in [2.05, 4.69) is 16.0 Å². The molecular formula is C33H38FN3O4. The molecular weight excluding hydrogens is 521 g/mol. The predicted molar refractivity (Wildman–Crippen MR) is 161 cm³/mol. The fourth-order valence-corrected chi connectivity index (χ4v) is 4.91. The second kappa shape index (κ2) is 13.0. The van der Waals surface area contributed by atoms with Crippen molar-refractivity contribution in [3.05, 3.63) is 77.6 Å². The van der Waals surface area contributed by atoms with Gasteiger partial charge < -0.3 is 25.1 Å². The Morgan fingerprint density at radius 2 is 1.80 bits per heavy atom. The summed E-state index contributed by atoms with van der Waals surface area (Å²) < 4.78 is 26.0. The Balaban J connectivity index is 0.00000387. The summed E-state index contributed by atoms with van der Waals surface area (Å²) >= 11 is 0. The number of carbonyl (C=O) groups is 2. The van der Waals surface area contributed by atoms with Gasteiger partial charge in [-0.05, 0) is 79.0 Å². The third-order valence-corrected chi connectivity index (χ3v) is 7.11. The van der Waals surface area contributed by atoms with Crippen molar-refractivity contribution in [2.45, 2.75) is 27.7 Å². The molecule has 2 amide bonds. The molecule has 1 unspecified atom stereocenters. The molecule has 1 aromatic heterocycles. The van der Waals surface area contributed by atoms with Crippen molar-refractivity contribution < 1.29 is 23.1 Å². The number of furan rings is 1. The number of amides is 2. The highest BCUT2D eigenvalue weighted by molar-refractivity contribution is 6.12. The zero-order chi connectivity index (χ0) is 28.2. The van der Waals surface area contributed by atoms with Crippen LogP contribution in [0.4, 0.5) is 4.39 Å². The van der Waals surface area contributed by atoms with Crippen molar-refractivity contribution in [1.82, 2.24) is 16.0 Å². The molecule has 0 radical (unpaired) electrons. The van der Waals surface area contributed by atoms with Gasteiger partial charge in [0.05, 0.1) is 12.2 Å². The Labute approximate surface area is 240 Å². The lowest BCUT2D eigenvalue weighted by molar-refractivity contribution is 0.0945. The van der Waals surface area contributed by atoms with Gasteiger partial charge in [0, 0.05) is 48.1 Å². The van der Waals surface area contributed by atoms with E-state index < -0.39 is 0 Å². The molecule has 0 aliphatic carbocycles.